The van der Waals surface area contributed by atoms with Crippen LogP contribution in [0.15, 0.2) is 18.2 Å². The third-order valence-electron chi connectivity index (χ3n) is 2.23. The van der Waals surface area contributed by atoms with Crippen LogP contribution in [0.25, 0.3) is 0 Å². The minimum Gasteiger partial charge on any atom is -0.491 e. The average molecular weight is 254 g/mol. The summed E-state index contributed by atoms with van der Waals surface area (Å²) in [6.45, 7) is 3.06. The molecule has 0 aromatic heterocycles. The zero-order chi connectivity index (χ0) is 13.1. The fourth-order valence-corrected chi connectivity index (χ4v) is 1.19. The second-order valence-electron chi connectivity index (χ2n) is 4.23. The molecule has 0 aliphatic carbocycles. The number of halogens is 1. The van der Waals surface area contributed by atoms with E-state index in [0.717, 1.165) is 0 Å². The number of aliphatic carboxylic acids is 1. The average Bonchev–Trinajstić information content (AvgIpc) is 2.26. The lowest BCUT2D eigenvalue weighted by Gasteiger charge is -2.19. The van der Waals surface area contributed by atoms with Crippen LogP contribution in [0.5, 0.6) is 5.75 Å². The Labute approximate surface area is 104 Å². The van der Waals surface area contributed by atoms with Crippen LogP contribution >= 0.6 is 11.6 Å². The largest absolute Gasteiger partial charge is 0.491 e. The van der Waals surface area contributed by atoms with Gasteiger partial charge in [0.25, 0.3) is 0 Å². The highest BCUT2D eigenvalue weighted by atomic mass is 35.5. The number of carbonyl (C=O) groups is 1. The number of rotatable bonds is 4. The summed E-state index contributed by atoms with van der Waals surface area (Å²) in [7, 11) is 0. The maximum absolute atomic E-state index is 10.9. The van der Waals surface area contributed by atoms with Gasteiger partial charge in [-0.15, -0.1) is 0 Å². The smallest absolute Gasteiger partial charge is 0.312 e. The van der Waals surface area contributed by atoms with E-state index in [1.807, 2.05) is 6.07 Å². The Morgan fingerprint density at radius 2 is 2.24 bits per heavy atom. The summed E-state index contributed by atoms with van der Waals surface area (Å²) < 4.78 is 5.35. The number of benzene rings is 1. The van der Waals surface area contributed by atoms with E-state index in [1.54, 1.807) is 19.9 Å². The van der Waals surface area contributed by atoms with Crippen LogP contribution in [0.4, 0.5) is 0 Å². The first-order chi connectivity index (χ1) is 7.86. The predicted molar refractivity (Wildman–Crippen MR) is 63.1 cm³/mol. The van der Waals surface area contributed by atoms with E-state index in [-0.39, 0.29) is 6.61 Å². The molecule has 90 valence electrons. The van der Waals surface area contributed by atoms with Crippen molar-refractivity contribution in [3.63, 3.8) is 0 Å². The van der Waals surface area contributed by atoms with Gasteiger partial charge in [-0.3, -0.25) is 4.79 Å². The number of ether oxygens (including phenoxy) is 1. The van der Waals surface area contributed by atoms with Crippen molar-refractivity contribution in [2.45, 2.75) is 13.8 Å². The molecule has 0 amide bonds. The molecule has 0 saturated heterocycles. The van der Waals surface area contributed by atoms with Gasteiger partial charge in [-0.25, -0.2) is 0 Å². The van der Waals surface area contributed by atoms with E-state index >= 15 is 0 Å². The van der Waals surface area contributed by atoms with Gasteiger partial charge in [0.15, 0.2) is 0 Å². The Kier molecular flexibility index (Phi) is 3.97. The van der Waals surface area contributed by atoms with Crippen LogP contribution in [-0.4, -0.2) is 17.7 Å². The topological polar surface area (TPSA) is 70.3 Å². The highest BCUT2D eigenvalue weighted by Gasteiger charge is 2.28. The fraction of sp³-hybridized carbons (Fsp3) is 0.333. The molecule has 0 spiro atoms. The van der Waals surface area contributed by atoms with E-state index in [9.17, 15) is 4.79 Å². The van der Waals surface area contributed by atoms with Crippen LogP contribution in [0.1, 0.15) is 19.4 Å². The second-order valence-corrected chi connectivity index (χ2v) is 4.67. The molecule has 17 heavy (non-hydrogen) atoms. The van der Waals surface area contributed by atoms with Gasteiger partial charge in [0.1, 0.15) is 18.4 Å². The third-order valence-corrected chi connectivity index (χ3v) is 2.47. The van der Waals surface area contributed by atoms with Gasteiger partial charge in [0.2, 0.25) is 0 Å². The fourth-order valence-electron chi connectivity index (χ4n) is 1.03. The molecule has 0 aliphatic heterocycles. The van der Waals surface area contributed by atoms with Crippen molar-refractivity contribution in [3.8, 4) is 11.8 Å². The maximum atomic E-state index is 10.9. The first-order valence-electron chi connectivity index (χ1n) is 4.92. The monoisotopic (exact) mass is 253 g/mol. The lowest BCUT2D eigenvalue weighted by atomic mass is 9.95. The van der Waals surface area contributed by atoms with Crippen LogP contribution in [0, 0.1) is 16.7 Å². The van der Waals surface area contributed by atoms with Gasteiger partial charge in [-0.05, 0) is 26.0 Å². The van der Waals surface area contributed by atoms with E-state index in [1.165, 1.54) is 12.1 Å². The zero-order valence-corrected chi connectivity index (χ0v) is 10.3. The van der Waals surface area contributed by atoms with Crippen LogP contribution in [0.3, 0.4) is 0 Å². The van der Waals surface area contributed by atoms with Crippen LogP contribution < -0.4 is 4.74 Å². The van der Waals surface area contributed by atoms with E-state index in [0.29, 0.717) is 16.3 Å². The summed E-state index contributed by atoms with van der Waals surface area (Å²) >= 11 is 5.78. The molecule has 0 aliphatic rings. The number of nitriles is 1. The van der Waals surface area contributed by atoms with Crippen LogP contribution in [-0.2, 0) is 4.79 Å². The first kappa shape index (κ1) is 13.3. The van der Waals surface area contributed by atoms with E-state index in [4.69, 9.17) is 26.7 Å². The summed E-state index contributed by atoms with van der Waals surface area (Å²) in [6.07, 6.45) is 0. The van der Waals surface area contributed by atoms with Gasteiger partial charge in [-0.2, -0.15) is 5.26 Å². The summed E-state index contributed by atoms with van der Waals surface area (Å²) in [6, 6.07) is 6.57. The summed E-state index contributed by atoms with van der Waals surface area (Å²) in [5.41, 5.74) is -0.690. The standard InChI is InChI=1S/C12H12ClNO3/c1-12(2,11(15)16)7-17-10-5-9(13)4-3-8(10)6-14/h3-5H,7H2,1-2H3,(H,15,16). The molecule has 0 atom stereocenters. The van der Waals surface area contributed by atoms with Crippen molar-refractivity contribution < 1.29 is 14.6 Å². The van der Waals surface area contributed by atoms with Gasteiger partial charge in [0.05, 0.1) is 11.0 Å². The van der Waals surface area contributed by atoms with Crippen molar-refractivity contribution in [2.24, 2.45) is 5.41 Å². The number of nitrogens with zero attached hydrogens (tertiary/aromatic N) is 1. The molecule has 1 aromatic carbocycles. The Hall–Kier alpha value is -1.73. The SMILES string of the molecule is CC(C)(COc1cc(Cl)ccc1C#N)C(=O)O. The summed E-state index contributed by atoms with van der Waals surface area (Å²) in [5.74, 6) is -0.660. The highest BCUT2D eigenvalue weighted by Crippen LogP contribution is 2.25. The number of carboxylic acids is 1. The molecule has 0 saturated carbocycles. The molecule has 1 N–H and O–H groups in total. The maximum Gasteiger partial charge on any atom is 0.312 e. The molecule has 0 radical (unpaired) electrons. The van der Waals surface area contributed by atoms with Gasteiger partial charge < -0.3 is 9.84 Å². The van der Waals surface area contributed by atoms with Crippen molar-refractivity contribution in [1.82, 2.24) is 0 Å². The van der Waals surface area contributed by atoms with Crippen molar-refractivity contribution in [1.29, 1.82) is 5.26 Å². The number of carboxylic acid groups (broad SMARTS) is 1. The van der Waals surface area contributed by atoms with Crippen molar-refractivity contribution >= 4 is 17.6 Å². The molecule has 0 bridgehead atoms. The molecule has 0 unspecified atom stereocenters. The second kappa shape index (κ2) is 5.07. The van der Waals surface area contributed by atoms with E-state index in [2.05, 4.69) is 0 Å². The molecular weight excluding hydrogens is 242 g/mol. The minimum atomic E-state index is -1.02. The molecule has 0 fully saturated rings. The van der Waals surface area contributed by atoms with Crippen molar-refractivity contribution in [2.75, 3.05) is 6.61 Å². The Bertz CT molecular complexity index is 477. The molecule has 4 nitrogen and oxygen atoms in total. The number of hydrogen-bond acceptors (Lipinski definition) is 3. The minimum absolute atomic E-state index is 0.0304. The quantitative estimate of drug-likeness (QED) is 0.896. The molecule has 0 heterocycles. The van der Waals surface area contributed by atoms with Crippen LogP contribution in [0.2, 0.25) is 5.02 Å². The van der Waals surface area contributed by atoms with Gasteiger partial charge in [0, 0.05) is 11.1 Å². The van der Waals surface area contributed by atoms with E-state index < -0.39 is 11.4 Å². The predicted octanol–water partition coefficient (Wildman–Crippen LogP) is 2.70. The summed E-state index contributed by atoms with van der Waals surface area (Å²) in [5, 5.41) is 18.2. The zero-order valence-electron chi connectivity index (χ0n) is 9.53. The van der Waals surface area contributed by atoms with Gasteiger partial charge in [-0.1, -0.05) is 11.6 Å². The van der Waals surface area contributed by atoms with Gasteiger partial charge >= 0.3 is 5.97 Å². The van der Waals surface area contributed by atoms with Crippen molar-refractivity contribution in [3.05, 3.63) is 28.8 Å². The molecule has 5 heteroatoms. The third kappa shape index (κ3) is 3.36. The molecule has 1 rings (SSSR count). The normalized spacial score (nSPS) is 10.7. The Morgan fingerprint density at radius 1 is 1.59 bits per heavy atom. The lowest BCUT2D eigenvalue weighted by Crippen LogP contribution is -2.30. The lowest BCUT2D eigenvalue weighted by molar-refractivity contribution is -0.148. The first-order valence-corrected chi connectivity index (χ1v) is 5.30. The Morgan fingerprint density at radius 3 is 2.76 bits per heavy atom. The number of hydrogen-bond donors (Lipinski definition) is 1. The summed E-state index contributed by atoms with van der Waals surface area (Å²) in [4.78, 5) is 10.9. The highest BCUT2D eigenvalue weighted by molar-refractivity contribution is 6.30. The Balaban J connectivity index is 2.86. The molecular formula is C12H12ClNO3. The molecule has 1 aromatic rings.